The lowest BCUT2D eigenvalue weighted by atomic mass is 10.1. The van der Waals surface area contributed by atoms with E-state index < -0.39 is 0 Å². The third kappa shape index (κ3) is 5.05. The van der Waals surface area contributed by atoms with Crippen molar-refractivity contribution in [2.75, 3.05) is 27.1 Å². The van der Waals surface area contributed by atoms with E-state index in [1.54, 1.807) is 12.0 Å². The number of carbonyl (C=O) groups excluding carboxylic acids is 1. The van der Waals surface area contributed by atoms with E-state index in [0.29, 0.717) is 46.9 Å². The first-order chi connectivity index (χ1) is 19.1. The molecular weight excluding hydrogens is 514 g/mol. The Morgan fingerprint density at radius 3 is 2.69 bits per heavy atom. The van der Waals surface area contributed by atoms with Crippen molar-refractivity contribution in [3.8, 4) is 23.0 Å². The summed E-state index contributed by atoms with van der Waals surface area (Å²) in [6.07, 6.45) is 4.53. The Labute approximate surface area is 230 Å². The number of amides is 1. The van der Waals surface area contributed by atoms with Crippen molar-refractivity contribution in [3.05, 3.63) is 82.9 Å². The van der Waals surface area contributed by atoms with E-state index in [1.807, 2.05) is 67.7 Å². The summed E-state index contributed by atoms with van der Waals surface area (Å²) in [5.41, 5.74) is 3.72. The second-order valence-corrected chi connectivity index (χ2v) is 9.95. The number of benzene rings is 3. The number of methoxy groups -OCH3 is 1. The van der Waals surface area contributed by atoms with Gasteiger partial charge in [0.15, 0.2) is 16.7 Å². The number of aromatic nitrogens is 1. The molecule has 0 aliphatic carbocycles. The van der Waals surface area contributed by atoms with Crippen molar-refractivity contribution in [2.24, 2.45) is 4.99 Å². The van der Waals surface area contributed by atoms with E-state index in [9.17, 15) is 4.79 Å². The SMILES string of the molecule is CCOc1cc2c(cc1/C=C1/SC(=Nc3ccc(OC)cc3)N(CCc3c[nH]c4ccccc34)C1=O)OCO2. The highest BCUT2D eigenvalue weighted by Gasteiger charge is 2.34. The average molecular weight is 542 g/mol. The third-order valence-electron chi connectivity index (χ3n) is 6.56. The summed E-state index contributed by atoms with van der Waals surface area (Å²) < 4.78 is 22.2. The van der Waals surface area contributed by atoms with E-state index in [-0.39, 0.29) is 12.7 Å². The number of para-hydroxylation sites is 1. The van der Waals surface area contributed by atoms with Crippen LogP contribution >= 0.6 is 11.8 Å². The number of ether oxygens (including phenoxy) is 4. The molecule has 0 bridgehead atoms. The maximum absolute atomic E-state index is 13.8. The van der Waals surface area contributed by atoms with Crippen molar-refractivity contribution in [1.82, 2.24) is 9.88 Å². The van der Waals surface area contributed by atoms with Crippen molar-refractivity contribution in [1.29, 1.82) is 0 Å². The van der Waals surface area contributed by atoms with E-state index >= 15 is 0 Å². The van der Waals surface area contributed by atoms with Crippen molar-refractivity contribution in [3.63, 3.8) is 0 Å². The number of carbonyl (C=O) groups is 1. The molecule has 2 aliphatic rings. The molecule has 3 aromatic carbocycles. The number of H-pyrrole nitrogens is 1. The Hall–Kier alpha value is -4.37. The predicted octanol–water partition coefficient (Wildman–Crippen LogP) is 6.15. The number of aliphatic imine (C=N–C) groups is 1. The quantitative estimate of drug-likeness (QED) is 0.269. The number of thioether (sulfide) groups is 1. The molecule has 2 aliphatic heterocycles. The predicted molar refractivity (Wildman–Crippen MR) is 153 cm³/mol. The van der Waals surface area contributed by atoms with Gasteiger partial charge in [-0.15, -0.1) is 0 Å². The Bertz CT molecular complexity index is 1590. The average Bonchev–Trinajstić information content (AvgIpc) is 3.66. The number of nitrogens with one attached hydrogen (secondary N) is 1. The minimum atomic E-state index is -0.104. The highest BCUT2D eigenvalue weighted by Crippen LogP contribution is 2.41. The highest BCUT2D eigenvalue weighted by atomic mass is 32.2. The van der Waals surface area contributed by atoms with Crippen LogP contribution in [0, 0.1) is 0 Å². The standard InChI is InChI=1S/C30H27N3O5S/c1-3-36-25-16-27-26(37-18-38-27)14-20(25)15-28-29(34)33(13-12-19-17-31-24-7-5-4-6-23(19)24)30(39-28)32-21-8-10-22(35-2)11-9-21/h4-11,14-17,31H,3,12-13,18H2,1-2H3/b28-15+,32-30?. The first-order valence-corrected chi connectivity index (χ1v) is 13.5. The minimum Gasteiger partial charge on any atom is -0.497 e. The van der Waals surface area contributed by atoms with Crippen LogP contribution in [0.1, 0.15) is 18.1 Å². The second kappa shape index (κ2) is 10.8. The Morgan fingerprint density at radius 1 is 1.10 bits per heavy atom. The molecule has 9 heteroatoms. The normalized spacial score (nSPS) is 16.6. The van der Waals surface area contributed by atoms with Crippen LogP contribution in [-0.2, 0) is 11.2 Å². The van der Waals surface area contributed by atoms with Gasteiger partial charge in [0.2, 0.25) is 6.79 Å². The molecule has 0 atom stereocenters. The molecule has 3 heterocycles. The number of fused-ring (bicyclic) bond motifs is 2. The monoisotopic (exact) mass is 541 g/mol. The van der Waals surface area contributed by atoms with Crippen molar-refractivity contribution in [2.45, 2.75) is 13.3 Å². The first-order valence-electron chi connectivity index (χ1n) is 12.7. The maximum Gasteiger partial charge on any atom is 0.266 e. The zero-order chi connectivity index (χ0) is 26.8. The summed E-state index contributed by atoms with van der Waals surface area (Å²) in [4.78, 5) is 24.2. The van der Waals surface area contributed by atoms with Gasteiger partial charge in [0.1, 0.15) is 11.5 Å². The van der Waals surface area contributed by atoms with Crippen LogP contribution in [0.2, 0.25) is 0 Å². The summed E-state index contributed by atoms with van der Waals surface area (Å²) in [5, 5.41) is 1.78. The van der Waals surface area contributed by atoms with Crippen LogP contribution < -0.4 is 18.9 Å². The minimum absolute atomic E-state index is 0.104. The van der Waals surface area contributed by atoms with Crippen LogP contribution in [0.5, 0.6) is 23.0 Å². The number of hydrogen-bond acceptors (Lipinski definition) is 7. The summed E-state index contributed by atoms with van der Waals surface area (Å²) in [6, 6.07) is 19.3. The Balaban J connectivity index is 1.34. The summed E-state index contributed by atoms with van der Waals surface area (Å²) in [7, 11) is 1.63. The van der Waals surface area contributed by atoms with Crippen molar-refractivity contribution >= 4 is 45.5 Å². The van der Waals surface area contributed by atoms with Crippen LogP contribution in [0.15, 0.2) is 76.8 Å². The fourth-order valence-electron chi connectivity index (χ4n) is 4.60. The van der Waals surface area contributed by atoms with E-state index in [0.717, 1.165) is 33.5 Å². The lowest BCUT2D eigenvalue weighted by molar-refractivity contribution is -0.122. The van der Waals surface area contributed by atoms with E-state index in [1.165, 1.54) is 11.8 Å². The molecule has 1 N–H and O–H groups in total. The first kappa shape index (κ1) is 24.9. The third-order valence-corrected chi connectivity index (χ3v) is 7.56. The number of aromatic amines is 1. The van der Waals surface area contributed by atoms with Crippen LogP contribution in [0.25, 0.3) is 17.0 Å². The molecule has 6 rings (SSSR count). The Morgan fingerprint density at radius 2 is 1.90 bits per heavy atom. The van der Waals surface area contributed by atoms with Crippen LogP contribution in [0.4, 0.5) is 5.69 Å². The van der Waals surface area contributed by atoms with Gasteiger partial charge in [-0.2, -0.15) is 0 Å². The molecule has 0 radical (unpaired) electrons. The lowest BCUT2D eigenvalue weighted by Gasteiger charge is -2.15. The fraction of sp³-hybridized carbons (Fsp3) is 0.200. The van der Waals surface area contributed by atoms with Gasteiger partial charge >= 0.3 is 0 Å². The van der Waals surface area contributed by atoms with Gasteiger partial charge in [0.25, 0.3) is 5.91 Å². The molecule has 0 spiro atoms. The van der Waals surface area contributed by atoms with E-state index in [4.69, 9.17) is 23.9 Å². The molecular formula is C30H27N3O5S. The van der Waals surface area contributed by atoms with Gasteiger partial charge in [-0.1, -0.05) is 18.2 Å². The molecule has 1 amide bonds. The van der Waals surface area contributed by atoms with Gasteiger partial charge < -0.3 is 23.9 Å². The van der Waals surface area contributed by atoms with Crippen LogP contribution in [0.3, 0.4) is 0 Å². The summed E-state index contributed by atoms with van der Waals surface area (Å²) in [5.74, 6) is 2.54. The maximum atomic E-state index is 13.8. The summed E-state index contributed by atoms with van der Waals surface area (Å²) in [6.45, 7) is 3.05. The number of amidine groups is 1. The largest absolute Gasteiger partial charge is 0.497 e. The number of hydrogen-bond donors (Lipinski definition) is 1. The number of nitrogens with zero attached hydrogens (tertiary/aromatic N) is 2. The summed E-state index contributed by atoms with van der Waals surface area (Å²) >= 11 is 1.35. The fourth-order valence-corrected chi connectivity index (χ4v) is 5.62. The molecule has 198 valence electrons. The van der Waals surface area contributed by atoms with Gasteiger partial charge in [0, 0.05) is 35.3 Å². The number of rotatable bonds is 8. The molecule has 1 fully saturated rings. The smallest absolute Gasteiger partial charge is 0.266 e. The molecule has 8 nitrogen and oxygen atoms in total. The zero-order valence-electron chi connectivity index (χ0n) is 21.6. The molecule has 39 heavy (non-hydrogen) atoms. The molecule has 1 aromatic heterocycles. The zero-order valence-corrected chi connectivity index (χ0v) is 22.4. The highest BCUT2D eigenvalue weighted by molar-refractivity contribution is 8.18. The van der Waals surface area contributed by atoms with Gasteiger partial charge in [0.05, 0.1) is 24.3 Å². The van der Waals surface area contributed by atoms with Gasteiger partial charge in [-0.05, 0) is 73.1 Å². The molecule has 0 unspecified atom stereocenters. The molecule has 4 aromatic rings. The molecule has 0 saturated carbocycles. The van der Waals surface area contributed by atoms with Gasteiger partial charge in [-0.25, -0.2) is 4.99 Å². The van der Waals surface area contributed by atoms with Crippen LogP contribution in [-0.4, -0.2) is 48.0 Å². The topological polar surface area (TPSA) is 85.4 Å². The Kier molecular flexibility index (Phi) is 6.89. The van der Waals surface area contributed by atoms with Gasteiger partial charge in [-0.3, -0.25) is 9.69 Å². The van der Waals surface area contributed by atoms with Crippen molar-refractivity contribution < 1.29 is 23.7 Å². The lowest BCUT2D eigenvalue weighted by Crippen LogP contribution is -2.31. The molecule has 1 saturated heterocycles. The second-order valence-electron chi connectivity index (χ2n) is 8.95. The van der Waals surface area contributed by atoms with E-state index in [2.05, 4.69) is 17.1 Å².